The molecule has 2 aliphatic heterocycles. The highest BCUT2D eigenvalue weighted by Gasteiger charge is 2.34. The molecule has 0 amide bonds. The molecule has 0 spiro atoms. The van der Waals surface area contributed by atoms with Crippen LogP contribution in [-0.2, 0) is 14.8 Å². The van der Waals surface area contributed by atoms with Gasteiger partial charge in [-0.25, -0.2) is 4.79 Å². The number of nitrogens with zero attached hydrogens (tertiary/aromatic N) is 2. The van der Waals surface area contributed by atoms with Crippen LogP contribution in [0.1, 0.15) is 24.0 Å². The molecule has 2 aliphatic rings. The zero-order chi connectivity index (χ0) is 22.5. The second kappa shape index (κ2) is 7.59. The molecule has 8 nitrogen and oxygen atoms in total. The Kier molecular flexibility index (Phi) is 4.85. The molecule has 0 aliphatic carbocycles. The Morgan fingerprint density at radius 2 is 1.88 bits per heavy atom. The highest BCUT2D eigenvalue weighted by molar-refractivity contribution is 7.90. The van der Waals surface area contributed by atoms with Gasteiger partial charge >= 0.3 is 11.6 Å². The summed E-state index contributed by atoms with van der Waals surface area (Å²) in [6.07, 6.45) is 1.03. The van der Waals surface area contributed by atoms with Crippen molar-refractivity contribution >= 4 is 32.8 Å². The first-order chi connectivity index (χ1) is 15.3. The molecule has 0 bridgehead atoms. The minimum atomic E-state index is -3.68. The number of sulfonamides is 1. The van der Waals surface area contributed by atoms with Gasteiger partial charge in [0.1, 0.15) is 16.2 Å². The molecule has 0 unspecified atom stereocenters. The monoisotopic (exact) mass is 452 g/mol. The number of ether oxygens (including phenoxy) is 1. The maximum absolute atomic E-state index is 12.7. The van der Waals surface area contributed by atoms with Crippen molar-refractivity contribution in [3.63, 3.8) is 0 Å². The van der Waals surface area contributed by atoms with Gasteiger partial charge in [0.25, 0.3) is 10.0 Å². The average Bonchev–Trinajstić information content (AvgIpc) is 3.04. The molecule has 5 rings (SSSR count). The zero-order valence-electron chi connectivity index (χ0n) is 17.3. The van der Waals surface area contributed by atoms with Crippen LogP contribution in [0, 0.1) is 12.8 Å². The minimum absolute atomic E-state index is 0.217. The fourth-order valence-corrected chi connectivity index (χ4v) is 5.44. The quantitative estimate of drug-likeness (QED) is 0.334. The van der Waals surface area contributed by atoms with Crippen molar-refractivity contribution in [1.82, 2.24) is 4.90 Å². The van der Waals surface area contributed by atoms with Crippen LogP contribution in [0.3, 0.4) is 0 Å². The summed E-state index contributed by atoms with van der Waals surface area (Å²) in [5.74, 6) is 0.0758. The molecule has 1 saturated heterocycles. The lowest BCUT2D eigenvalue weighted by Crippen LogP contribution is -2.41. The van der Waals surface area contributed by atoms with Gasteiger partial charge in [-0.3, -0.25) is 4.79 Å². The first-order valence-electron chi connectivity index (χ1n) is 10.3. The molecule has 0 saturated carbocycles. The molecule has 164 valence electrons. The van der Waals surface area contributed by atoms with Crippen LogP contribution in [0.25, 0.3) is 11.0 Å². The molecule has 3 aromatic rings. The van der Waals surface area contributed by atoms with Crippen molar-refractivity contribution in [2.24, 2.45) is 10.3 Å². The number of likely N-dealkylation sites (tertiary alicyclic amines) is 1. The summed E-state index contributed by atoms with van der Waals surface area (Å²) in [7, 11) is -3.68. The SMILES string of the molecule is Cc1cc(=O)oc2cc(OC(=O)C3CCN(C4=NS(=O)(=O)c5ccccc54)CC3)ccc12. The molecule has 3 heterocycles. The number of hydrogen-bond acceptors (Lipinski definition) is 7. The normalized spacial score (nSPS) is 17.8. The fourth-order valence-electron chi connectivity index (χ4n) is 4.21. The summed E-state index contributed by atoms with van der Waals surface area (Å²) in [5.41, 5.74) is 1.31. The van der Waals surface area contributed by atoms with E-state index in [9.17, 15) is 18.0 Å². The number of piperidine rings is 1. The van der Waals surface area contributed by atoms with E-state index in [1.54, 1.807) is 42.5 Å². The second-order valence-corrected chi connectivity index (χ2v) is 9.55. The van der Waals surface area contributed by atoms with Gasteiger partial charge in [0.2, 0.25) is 0 Å². The molecule has 9 heteroatoms. The van der Waals surface area contributed by atoms with Crippen molar-refractivity contribution in [1.29, 1.82) is 0 Å². The maximum atomic E-state index is 12.7. The number of rotatable bonds is 2. The lowest BCUT2D eigenvalue weighted by molar-refractivity contribution is -0.140. The summed E-state index contributed by atoms with van der Waals surface area (Å²) in [4.78, 5) is 26.4. The third-order valence-electron chi connectivity index (χ3n) is 5.88. The van der Waals surface area contributed by atoms with E-state index in [1.807, 2.05) is 11.8 Å². The molecule has 0 N–H and O–H groups in total. The Labute approximate surface area is 184 Å². The average molecular weight is 452 g/mol. The van der Waals surface area contributed by atoms with Crippen molar-refractivity contribution in [3.8, 4) is 5.75 Å². The van der Waals surface area contributed by atoms with Gasteiger partial charge in [-0.15, -0.1) is 4.40 Å². The number of fused-ring (bicyclic) bond motifs is 2. The molecular formula is C23H20N2O6S. The predicted octanol–water partition coefficient (Wildman–Crippen LogP) is 2.87. The van der Waals surface area contributed by atoms with Crippen molar-refractivity contribution in [2.45, 2.75) is 24.7 Å². The van der Waals surface area contributed by atoms with E-state index >= 15 is 0 Å². The Morgan fingerprint density at radius 1 is 1.12 bits per heavy atom. The number of carbonyl (C=O) groups is 1. The highest BCUT2D eigenvalue weighted by atomic mass is 32.2. The Morgan fingerprint density at radius 3 is 2.66 bits per heavy atom. The summed E-state index contributed by atoms with van der Waals surface area (Å²) in [6.45, 7) is 2.81. The lowest BCUT2D eigenvalue weighted by atomic mass is 9.96. The Balaban J connectivity index is 1.28. The van der Waals surface area contributed by atoms with Crippen LogP contribution < -0.4 is 10.4 Å². The third kappa shape index (κ3) is 3.58. The fraction of sp³-hybridized carbons (Fsp3) is 0.261. The molecule has 0 radical (unpaired) electrons. The summed E-state index contributed by atoms with van der Waals surface area (Å²) in [6, 6.07) is 13.2. The van der Waals surface area contributed by atoms with Gasteiger partial charge in [-0.2, -0.15) is 8.42 Å². The van der Waals surface area contributed by atoms with Gasteiger partial charge in [0.05, 0.1) is 5.92 Å². The number of amidine groups is 1. The van der Waals surface area contributed by atoms with Crippen LogP contribution in [0.4, 0.5) is 0 Å². The van der Waals surface area contributed by atoms with Crippen molar-refractivity contribution in [2.75, 3.05) is 13.1 Å². The van der Waals surface area contributed by atoms with E-state index in [4.69, 9.17) is 9.15 Å². The van der Waals surface area contributed by atoms with Gasteiger partial charge in [-0.05, 0) is 49.6 Å². The molecule has 0 atom stereocenters. The largest absolute Gasteiger partial charge is 0.426 e. The topological polar surface area (TPSA) is 106 Å². The van der Waals surface area contributed by atoms with E-state index in [1.165, 1.54) is 6.07 Å². The lowest BCUT2D eigenvalue weighted by Gasteiger charge is -2.32. The van der Waals surface area contributed by atoms with Crippen molar-refractivity contribution < 1.29 is 22.4 Å². The van der Waals surface area contributed by atoms with E-state index in [-0.39, 0.29) is 16.8 Å². The van der Waals surface area contributed by atoms with Crippen LogP contribution >= 0.6 is 0 Å². The van der Waals surface area contributed by atoms with Crippen molar-refractivity contribution in [3.05, 3.63) is 70.1 Å². The Bertz CT molecular complexity index is 1430. The number of esters is 1. The highest BCUT2D eigenvalue weighted by Crippen LogP contribution is 2.30. The minimum Gasteiger partial charge on any atom is -0.426 e. The first-order valence-corrected chi connectivity index (χ1v) is 11.7. The van der Waals surface area contributed by atoms with Crippen LogP contribution in [-0.4, -0.2) is 38.2 Å². The van der Waals surface area contributed by atoms with Gasteiger partial charge in [0, 0.05) is 36.2 Å². The summed E-state index contributed by atoms with van der Waals surface area (Å²) >= 11 is 0. The van der Waals surface area contributed by atoms with E-state index in [0.717, 1.165) is 10.9 Å². The second-order valence-electron chi connectivity index (χ2n) is 7.97. The third-order valence-corrected chi connectivity index (χ3v) is 7.21. The predicted molar refractivity (Wildman–Crippen MR) is 117 cm³/mol. The smallest absolute Gasteiger partial charge is 0.336 e. The number of carbonyl (C=O) groups excluding carboxylic acids is 1. The van der Waals surface area contributed by atoms with Crippen LogP contribution in [0.2, 0.25) is 0 Å². The van der Waals surface area contributed by atoms with Gasteiger partial charge < -0.3 is 14.1 Å². The van der Waals surface area contributed by atoms with E-state index in [2.05, 4.69) is 4.40 Å². The molecule has 2 aromatic carbocycles. The summed E-state index contributed by atoms with van der Waals surface area (Å²) < 4.78 is 39.3. The number of hydrogen-bond donors (Lipinski definition) is 0. The van der Waals surface area contributed by atoms with Gasteiger partial charge in [0.15, 0.2) is 5.84 Å². The van der Waals surface area contributed by atoms with Crippen LogP contribution in [0.15, 0.2) is 67.0 Å². The van der Waals surface area contributed by atoms with Crippen LogP contribution in [0.5, 0.6) is 5.75 Å². The van der Waals surface area contributed by atoms with E-state index < -0.39 is 15.6 Å². The zero-order valence-corrected chi connectivity index (χ0v) is 18.1. The number of benzene rings is 2. The summed E-state index contributed by atoms with van der Waals surface area (Å²) in [5, 5.41) is 0.783. The standard InChI is InChI=1S/C23H20N2O6S/c1-14-12-21(26)31-19-13-16(6-7-17(14)19)30-23(27)15-8-10-25(11-9-15)22-18-4-2-3-5-20(18)32(28,29)24-22/h2-7,12-13,15H,8-11H2,1H3. The molecule has 1 fully saturated rings. The number of aryl methyl sites for hydroxylation is 1. The Hall–Kier alpha value is -3.46. The van der Waals surface area contributed by atoms with E-state index in [0.29, 0.717) is 48.7 Å². The maximum Gasteiger partial charge on any atom is 0.336 e. The van der Waals surface area contributed by atoms with Gasteiger partial charge in [-0.1, -0.05) is 12.1 Å². The molecular weight excluding hydrogens is 432 g/mol. The first kappa shape index (κ1) is 20.4. The molecule has 32 heavy (non-hydrogen) atoms. The molecule has 1 aromatic heterocycles.